The van der Waals surface area contributed by atoms with Gasteiger partial charge in [-0.3, -0.25) is 10.1 Å². The van der Waals surface area contributed by atoms with Gasteiger partial charge < -0.3 is 10.0 Å². The predicted octanol–water partition coefficient (Wildman–Crippen LogP) is 3.37. The molecule has 0 unspecified atom stereocenters. The third kappa shape index (κ3) is 4.40. The number of anilines is 1. The lowest BCUT2D eigenvalue weighted by molar-refractivity contribution is -0.384. The second-order valence-electron chi connectivity index (χ2n) is 5.44. The summed E-state index contributed by atoms with van der Waals surface area (Å²) >= 11 is 0. The fourth-order valence-corrected chi connectivity index (χ4v) is 2.37. The Morgan fingerprint density at radius 3 is 2.26 bits per heavy atom. The molecule has 0 saturated carbocycles. The third-order valence-corrected chi connectivity index (χ3v) is 3.54. The van der Waals surface area contributed by atoms with Gasteiger partial charge in [-0.15, -0.1) is 0 Å². The van der Waals surface area contributed by atoms with Crippen LogP contribution in [0.5, 0.6) is 0 Å². The van der Waals surface area contributed by atoms with Gasteiger partial charge in [0.25, 0.3) is 5.69 Å². The summed E-state index contributed by atoms with van der Waals surface area (Å²) in [7, 11) is 3.95. The Labute approximate surface area is 135 Å². The average Bonchev–Trinajstić information content (AvgIpc) is 2.53. The highest BCUT2D eigenvalue weighted by atomic mass is 16.6. The van der Waals surface area contributed by atoms with Crippen molar-refractivity contribution in [2.24, 2.45) is 0 Å². The summed E-state index contributed by atoms with van der Waals surface area (Å²) in [6.45, 7) is 0.108. The maximum absolute atomic E-state index is 10.6. The number of hydrogen-bond donors (Lipinski definition) is 1. The van der Waals surface area contributed by atoms with E-state index in [1.54, 1.807) is 12.1 Å². The molecule has 0 bridgehead atoms. The molecule has 2 aromatic rings. The summed E-state index contributed by atoms with van der Waals surface area (Å²) in [5.74, 6) is 0. The summed E-state index contributed by atoms with van der Waals surface area (Å²) in [6, 6.07) is 12.5. The zero-order chi connectivity index (χ0) is 16.8. The molecule has 0 aliphatic rings. The van der Waals surface area contributed by atoms with Crippen molar-refractivity contribution in [1.29, 1.82) is 0 Å². The van der Waals surface area contributed by atoms with E-state index in [9.17, 15) is 15.2 Å². The van der Waals surface area contributed by atoms with E-state index in [1.165, 1.54) is 12.1 Å². The molecule has 0 aliphatic heterocycles. The standard InChI is InChI=1S/C18H20N2O3/c1-19(2)18-10-7-15(13-16(18)11-12-21)4-3-14-5-8-17(9-6-14)20(22)23/h3-10,13,21H,11-12H2,1-2H3/b4-3+. The lowest BCUT2D eigenvalue weighted by Crippen LogP contribution is -2.12. The van der Waals surface area contributed by atoms with E-state index in [1.807, 2.05) is 49.3 Å². The minimum Gasteiger partial charge on any atom is -0.396 e. The first kappa shape index (κ1) is 16.7. The van der Waals surface area contributed by atoms with Gasteiger partial charge >= 0.3 is 0 Å². The SMILES string of the molecule is CN(C)c1ccc(/C=C/c2ccc([N+](=O)[O-])cc2)cc1CCO. The minimum absolute atomic E-state index is 0.0858. The number of nitrogens with zero attached hydrogens (tertiary/aromatic N) is 2. The molecule has 23 heavy (non-hydrogen) atoms. The van der Waals surface area contributed by atoms with Crippen LogP contribution in [0, 0.1) is 10.1 Å². The van der Waals surface area contributed by atoms with Crippen LogP contribution in [-0.2, 0) is 6.42 Å². The van der Waals surface area contributed by atoms with E-state index in [2.05, 4.69) is 0 Å². The number of aliphatic hydroxyl groups excluding tert-OH is 1. The Morgan fingerprint density at radius 2 is 1.70 bits per heavy atom. The monoisotopic (exact) mass is 312 g/mol. The van der Waals surface area contributed by atoms with Crippen LogP contribution in [0.1, 0.15) is 16.7 Å². The smallest absolute Gasteiger partial charge is 0.269 e. The van der Waals surface area contributed by atoms with Gasteiger partial charge in [0.15, 0.2) is 0 Å². The van der Waals surface area contributed by atoms with Crippen molar-refractivity contribution < 1.29 is 10.0 Å². The Hall–Kier alpha value is -2.66. The first-order valence-electron chi connectivity index (χ1n) is 7.35. The Kier molecular flexibility index (Phi) is 5.49. The molecule has 5 heteroatoms. The predicted molar refractivity (Wildman–Crippen MR) is 93.6 cm³/mol. The molecular weight excluding hydrogens is 292 g/mol. The van der Waals surface area contributed by atoms with Gasteiger partial charge in [0.05, 0.1) is 4.92 Å². The van der Waals surface area contributed by atoms with Gasteiger partial charge in [-0.1, -0.05) is 18.2 Å². The summed E-state index contributed by atoms with van der Waals surface area (Å²) in [5, 5.41) is 19.8. The number of aliphatic hydroxyl groups is 1. The van der Waals surface area contributed by atoms with Crippen LogP contribution >= 0.6 is 0 Å². The second kappa shape index (κ2) is 7.56. The lowest BCUT2D eigenvalue weighted by Gasteiger charge is -2.17. The van der Waals surface area contributed by atoms with E-state index in [0.29, 0.717) is 6.42 Å². The highest BCUT2D eigenvalue weighted by molar-refractivity contribution is 5.72. The van der Waals surface area contributed by atoms with Crippen molar-refractivity contribution in [1.82, 2.24) is 0 Å². The van der Waals surface area contributed by atoms with Gasteiger partial charge in [-0.2, -0.15) is 0 Å². The molecule has 0 amide bonds. The van der Waals surface area contributed by atoms with Crippen molar-refractivity contribution in [2.75, 3.05) is 25.6 Å². The summed E-state index contributed by atoms with van der Waals surface area (Å²) in [4.78, 5) is 12.3. The van der Waals surface area contributed by atoms with E-state index >= 15 is 0 Å². The Bertz CT molecular complexity index is 707. The number of nitro benzene ring substituents is 1. The quantitative estimate of drug-likeness (QED) is 0.504. The van der Waals surface area contributed by atoms with Crippen molar-refractivity contribution in [2.45, 2.75) is 6.42 Å². The maximum atomic E-state index is 10.6. The maximum Gasteiger partial charge on any atom is 0.269 e. The van der Waals surface area contributed by atoms with Gasteiger partial charge in [-0.05, 0) is 47.4 Å². The summed E-state index contributed by atoms with van der Waals surface area (Å²) in [6.07, 6.45) is 4.48. The number of non-ortho nitro benzene ring substituents is 1. The number of hydrogen-bond acceptors (Lipinski definition) is 4. The van der Waals surface area contributed by atoms with Gasteiger partial charge in [0, 0.05) is 38.5 Å². The van der Waals surface area contributed by atoms with Crippen LogP contribution in [-0.4, -0.2) is 30.7 Å². The van der Waals surface area contributed by atoms with Crippen molar-refractivity contribution in [3.05, 3.63) is 69.3 Å². The van der Waals surface area contributed by atoms with E-state index in [0.717, 1.165) is 22.4 Å². The molecule has 2 rings (SSSR count). The first-order valence-corrected chi connectivity index (χ1v) is 7.35. The van der Waals surface area contributed by atoms with Crippen LogP contribution in [0.2, 0.25) is 0 Å². The van der Waals surface area contributed by atoms with Crippen molar-refractivity contribution in [3.63, 3.8) is 0 Å². The molecule has 0 aromatic heterocycles. The second-order valence-corrected chi connectivity index (χ2v) is 5.44. The largest absolute Gasteiger partial charge is 0.396 e. The fraction of sp³-hybridized carbons (Fsp3) is 0.222. The Morgan fingerprint density at radius 1 is 1.09 bits per heavy atom. The van der Waals surface area contributed by atoms with Crippen LogP contribution in [0.3, 0.4) is 0 Å². The summed E-state index contributed by atoms with van der Waals surface area (Å²) in [5.41, 5.74) is 4.19. The minimum atomic E-state index is -0.408. The fourth-order valence-electron chi connectivity index (χ4n) is 2.37. The van der Waals surface area contributed by atoms with E-state index in [4.69, 9.17) is 0 Å². The normalized spacial score (nSPS) is 10.9. The molecule has 0 spiro atoms. The first-order chi connectivity index (χ1) is 11.0. The molecule has 120 valence electrons. The van der Waals surface area contributed by atoms with Crippen molar-refractivity contribution in [3.8, 4) is 0 Å². The van der Waals surface area contributed by atoms with Gasteiger partial charge in [-0.25, -0.2) is 0 Å². The molecule has 2 aromatic carbocycles. The zero-order valence-electron chi connectivity index (χ0n) is 13.3. The van der Waals surface area contributed by atoms with Crippen LogP contribution < -0.4 is 4.90 Å². The van der Waals surface area contributed by atoms with Crippen LogP contribution in [0.25, 0.3) is 12.2 Å². The average molecular weight is 312 g/mol. The molecule has 0 saturated heterocycles. The number of nitro groups is 1. The summed E-state index contributed by atoms with van der Waals surface area (Å²) < 4.78 is 0. The highest BCUT2D eigenvalue weighted by Crippen LogP contribution is 2.22. The molecule has 0 heterocycles. The van der Waals surface area contributed by atoms with E-state index in [-0.39, 0.29) is 12.3 Å². The molecule has 0 fully saturated rings. The molecule has 0 aliphatic carbocycles. The van der Waals surface area contributed by atoms with Crippen LogP contribution in [0.4, 0.5) is 11.4 Å². The van der Waals surface area contributed by atoms with Crippen LogP contribution in [0.15, 0.2) is 42.5 Å². The molecule has 0 radical (unpaired) electrons. The van der Waals surface area contributed by atoms with Gasteiger partial charge in [0.1, 0.15) is 0 Å². The van der Waals surface area contributed by atoms with E-state index < -0.39 is 4.92 Å². The zero-order valence-corrected chi connectivity index (χ0v) is 13.3. The lowest BCUT2D eigenvalue weighted by atomic mass is 10.0. The van der Waals surface area contributed by atoms with Crippen molar-refractivity contribution >= 4 is 23.5 Å². The molecule has 5 nitrogen and oxygen atoms in total. The molecular formula is C18H20N2O3. The Balaban J connectivity index is 2.21. The topological polar surface area (TPSA) is 66.6 Å². The molecule has 0 atom stereocenters. The third-order valence-electron chi connectivity index (χ3n) is 3.54. The molecule has 1 N–H and O–H groups in total. The number of benzene rings is 2. The number of rotatable bonds is 6. The highest BCUT2D eigenvalue weighted by Gasteiger charge is 2.05. The van der Waals surface area contributed by atoms with Gasteiger partial charge in [0.2, 0.25) is 0 Å².